The van der Waals surface area contributed by atoms with Crippen molar-refractivity contribution < 1.29 is 18.7 Å². The van der Waals surface area contributed by atoms with Crippen LogP contribution >= 0.6 is 11.6 Å². The molecule has 1 saturated heterocycles. The molecule has 3 aromatic heterocycles. The maximum Gasteiger partial charge on any atom is 0.223 e. The molecule has 1 atom stereocenters. The summed E-state index contributed by atoms with van der Waals surface area (Å²) < 4.78 is 18.3. The Hall–Kier alpha value is -3.37. The van der Waals surface area contributed by atoms with Crippen LogP contribution in [0.2, 0.25) is 5.02 Å². The van der Waals surface area contributed by atoms with Gasteiger partial charge in [0, 0.05) is 29.3 Å². The molecule has 2 fully saturated rings. The largest absolute Gasteiger partial charge is 0.481 e. The van der Waals surface area contributed by atoms with E-state index in [2.05, 4.69) is 37.4 Å². The molecule has 0 bridgehead atoms. The van der Waals surface area contributed by atoms with Crippen molar-refractivity contribution in [3.05, 3.63) is 58.9 Å². The van der Waals surface area contributed by atoms with Crippen molar-refractivity contribution in [3.63, 3.8) is 0 Å². The molecule has 1 aliphatic carbocycles. The van der Waals surface area contributed by atoms with E-state index in [1.54, 1.807) is 18.3 Å². The maximum absolute atomic E-state index is 13.4. The number of piperidine rings is 1. The van der Waals surface area contributed by atoms with Crippen molar-refractivity contribution in [2.24, 2.45) is 5.92 Å². The Kier molecular flexibility index (Phi) is 7.95. The number of hydrogen-bond donors (Lipinski definition) is 2. The highest BCUT2D eigenvalue weighted by atomic mass is 35.5. The van der Waals surface area contributed by atoms with Crippen molar-refractivity contribution in [2.75, 3.05) is 20.7 Å². The molecule has 1 aliphatic heterocycles. The number of H-pyrrole nitrogens is 1. The van der Waals surface area contributed by atoms with Crippen LogP contribution in [0.4, 0.5) is 4.39 Å². The average Bonchev–Trinajstić information content (AvgIpc) is 3.50. The molecule has 36 heavy (non-hydrogen) atoms. The van der Waals surface area contributed by atoms with Crippen LogP contribution in [0.3, 0.4) is 0 Å². The fourth-order valence-electron chi connectivity index (χ4n) is 4.38. The van der Waals surface area contributed by atoms with Crippen LogP contribution in [0.15, 0.2) is 36.7 Å². The smallest absolute Gasteiger partial charge is 0.223 e. The minimum absolute atomic E-state index is 0.135. The molecule has 190 valence electrons. The first-order valence-electron chi connectivity index (χ1n) is 11.6. The third kappa shape index (κ3) is 5.88. The number of hydrogen-bond acceptors (Lipinski definition) is 7. The fraction of sp³-hybridized carbons (Fsp3) is 0.400. The highest BCUT2D eigenvalue weighted by Gasteiger charge is 2.50. The summed E-state index contributed by atoms with van der Waals surface area (Å²) in [5, 5.41) is 9.88. The van der Waals surface area contributed by atoms with Gasteiger partial charge in [-0.25, -0.2) is 9.37 Å². The number of aromatic nitrogens is 4. The predicted octanol–water partition coefficient (Wildman–Crippen LogP) is 3.66. The molecule has 1 saturated carbocycles. The molecule has 0 aromatic carbocycles. The monoisotopic (exact) mass is 514 g/mol. The number of nitrogens with zero attached hydrogens (tertiary/aromatic N) is 4. The number of halogens is 2. The second-order valence-corrected chi connectivity index (χ2v) is 9.43. The summed E-state index contributed by atoms with van der Waals surface area (Å²) in [5.41, 5.74) is 1.90. The molecular weight excluding hydrogens is 487 g/mol. The van der Waals surface area contributed by atoms with Crippen LogP contribution in [-0.2, 0) is 11.3 Å². The Balaban J connectivity index is 0.000000174. The lowest BCUT2D eigenvalue weighted by Gasteiger charge is -2.37. The van der Waals surface area contributed by atoms with Crippen LogP contribution in [0.5, 0.6) is 5.88 Å². The van der Waals surface area contributed by atoms with E-state index in [9.17, 15) is 14.0 Å². The lowest BCUT2D eigenvalue weighted by Crippen LogP contribution is -2.46. The summed E-state index contributed by atoms with van der Waals surface area (Å²) in [7, 11) is 3.61. The molecule has 11 heteroatoms. The SMILES string of the molecule is CN1CCC(C(=O)NCc2ncccc2Cl)CC12CC2.COc1cc(-c2cc(C=O)[nH]n2)c(F)cn1. The Morgan fingerprint density at radius 1 is 1.39 bits per heavy atom. The first-order chi connectivity index (χ1) is 17.3. The molecule has 5 rings (SSSR count). The van der Waals surface area contributed by atoms with Crippen molar-refractivity contribution in [1.29, 1.82) is 0 Å². The molecule has 1 unspecified atom stereocenters. The zero-order valence-electron chi connectivity index (χ0n) is 20.1. The minimum Gasteiger partial charge on any atom is -0.481 e. The first-order valence-corrected chi connectivity index (χ1v) is 12.0. The van der Waals surface area contributed by atoms with Gasteiger partial charge in [0.05, 0.1) is 42.0 Å². The quantitative estimate of drug-likeness (QED) is 0.483. The van der Waals surface area contributed by atoms with Gasteiger partial charge in [-0.15, -0.1) is 0 Å². The van der Waals surface area contributed by atoms with E-state index in [4.69, 9.17) is 16.3 Å². The van der Waals surface area contributed by atoms with Gasteiger partial charge in [0.25, 0.3) is 0 Å². The van der Waals surface area contributed by atoms with Gasteiger partial charge in [-0.3, -0.25) is 19.7 Å². The minimum atomic E-state index is -0.523. The summed E-state index contributed by atoms with van der Waals surface area (Å²) >= 11 is 6.05. The van der Waals surface area contributed by atoms with Crippen molar-refractivity contribution >= 4 is 23.8 Å². The Morgan fingerprint density at radius 2 is 2.19 bits per heavy atom. The number of amides is 1. The number of carbonyl (C=O) groups excluding carboxylic acids is 2. The van der Waals surface area contributed by atoms with E-state index in [0.29, 0.717) is 29.1 Å². The van der Waals surface area contributed by atoms with Gasteiger partial charge >= 0.3 is 0 Å². The summed E-state index contributed by atoms with van der Waals surface area (Å²) in [5.74, 6) is 0.0408. The molecule has 1 spiro atoms. The van der Waals surface area contributed by atoms with Crippen molar-refractivity contribution in [1.82, 2.24) is 30.4 Å². The topological polar surface area (TPSA) is 113 Å². The highest BCUT2D eigenvalue weighted by molar-refractivity contribution is 6.31. The molecule has 0 radical (unpaired) electrons. The molecule has 1 amide bonds. The Bertz CT molecular complexity index is 1230. The Morgan fingerprint density at radius 3 is 2.86 bits per heavy atom. The summed E-state index contributed by atoms with van der Waals surface area (Å²) in [6.45, 7) is 1.43. The van der Waals surface area contributed by atoms with Crippen LogP contribution < -0.4 is 10.1 Å². The maximum atomic E-state index is 13.4. The summed E-state index contributed by atoms with van der Waals surface area (Å²) in [6, 6.07) is 6.46. The Labute approximate surface area is 213 Å². The zero-order chi connectivity index (χ0) is 25.7. The lowest BCUT2D eigenvalue weighted by molar-refractivity contribution is -0.127. The average molecular weight is 515 g/mol. The van der Waals surface area contributed by atoms with Gasteiger partial charge in [-0.1, -0.05) is 11.6 Å². The highest BCUT2D eigenvalue weighted by Crippen LogP contribution is 2.49. The van der Waals surface area contributed by atoms with E-state index < -0.39 is 5.82 Å². The second-order valence-electron chi connectivity index (χ2n) is 9.02. The number of pyridine rings is 2. The van der Waals surface area contributed by atoms with Crippen LogP contribution in [-0.4, -0.2) is 63.5 Å². The standard InChI is InChI=1S/C15H20ClN3O.C10H8FN3O2/c1-19-8-4-11(9-15(19)5-6-15)14(20)18-10-13-12(16)3-2-7-17-13;1-16-10-3-7(8(11)4-12-10)9-2-6(5-15)13-14-9/h2-3,7,11H,4-6,8-10H2,1H3,(H,18,20);2-5H,1H3,(H,13,14). The number of methoxy groups -OCH3 is 1. The number of nitrogens with one attached hydrogen (secondary N) is 2. The van der Waals surface area contributed by atoms with E-state index in [0.717, 1.165) is 31.3 Å². The number of aromatic amines is 1. The van der Waals surface area contributed by atoms with E-state index in [1.165, 1.54) is 32.1 Å². The molecule has 2 aliphatic rings. The van der Waals surface area contributed by atoms with Crippen LogP contribution in [0.25, 0.3) is 11.3 Å². The van der Waals surface area contributed by atoms with Gasteiger partial charge in [-0.2, -0.15) is 5.10 Å². The first kappa shape index (κ1) is 25.7. The van der Waals surface area contributed by atoms with E-state index >= 15 is 0 Å². The summed E-state index contributed by atoms with van der Waals surface area (Å²) in [4.78, 5) is 33.1. The third-order valence-electron chi connectivity index (χ3n) is 6.75. The van der Waals surface area contributed by atoms with Crippen LogP contribution in [0.1, 0.15) is 41.9 Å². The number of rotatable bonds is 6. The number of ether oxygens (including phenoxy) is 1. The third-order valence-corrected chi connectivity index (χ3v) is 7.10. The molecular formula is C25H28ClFN6O3. The van der Waals surface area contributed by atoms with Gasteiger partial charge in [-0.05, 0) is 57.5 Å². The van der Waals surface area contributed by atoms with Gasteiger partial charge in [0.2, 0.25) is 11.8 Å². The predicted molar refractivity (Wildman–Crippen MR) is 132 cm³/mol. The van der Waals surface area contributed by atoms with E-state index in [-0.39, 0.29) is 29.0 Å². The molecule has 2 N–H and O–H groups in total. The molecule has 4 heterocycles. The number of likely N-dealkylation sites (tertiary alicyclic amines) is 1. The normalized spacial score (nSPS) is 18.2. The zero-order valence-corrected chi connectivity index (χ0v) is 20.9. The summed E-state index contributed by atoms with van der Waals surface area (Å²) in [6.07, 6.45) is 7.75. The van der Waals surface area contributed by atoms with Crippen molar-refractivity contribution in [3.8, 4) is 17.1 Å². The number of carbonyl (C=O) groups is 2. The van der Waals surface area contributed by atoms with Crippen molar-refractivity contribution in [2.45, 2.75) is 37.8 Å². The molecule has 3 aromatic rings. The van der Waals surface area contributed by atoms with Gasteiger partial charge < -0.3 is 15.0 Å². The number of aldehydes is 1. The van der Waals surface area contributed by atoms with E-state index in [1.807, 2.05) is 0 Å². The van der Waals surface area contributed by atoms with Gasteiger partial charge in [0.15, 0.2) is 12.1 Å². The fourth-order valence-corrected chi connectivity index (χ4v) is 4.57. The lowest BCUT2D eigenvalue weighted by atomic mass is 9.88. The molecule has 9 nitrogen and oxygen atoms in total. The van der Waals surface area contributed by atoms with Crippen LogP contribution in [0, 0.1) is 11.7 Å². The second kappa shape index (κ2) is 11.1. The van der Waals surface area contributed by atoms with Gasteiger partial charge in [0.1, 0.15) is 0 Å².